The lowest BCUT2D eigenvalue weighted by molar-refractivity contribution is 0.0962. The van der Waals surface area contributed by atoms with Crippen LogP contribution in [-0.2, 0) is 13.0 Å². The van der Waals surface area contributed by atoms with Gasteiger partial charge in [0, 0.05) is 12.6 Å². The molecule has 3 aromatic rings. The molecule has 1 aliphatic rings. The molecule has 6 heteroatoms. The number of benzene rings is 1. The maximum Gasteiger partial charge on any atom is 0.223 e. The zero-order chi connectivity index (χ0) is 17.2. The first-order valence-electron chi connectivity index (χ1n) is 8.10. The molecule has 2 aromatic heterocycles. The van der Waals surface area contributed by atoms with Crippen molar-refractivity contribution in [3.05, 3.63) is 77.3 Å². The van der Waals surface area contributed by atoms with E-state index in [0.717, 1.165) is 17.0 Å². The summed E-state index contributed by atoms with van der Waals surface area (Å²) in [7, 11) is 0. The summed E-state index contributed by atoms with van der Waals surface area (Å²) in [4.78, 5) is 21.1. The number of hydrogen-bond acceptors (Lipinski definition) is 5. The second-order valence-electron chi connectivity index (χ2n) is 6.07. The quantitative estimate of drug-likeness (QED) is 0.785. The lowest BCUT2D eigenvalue weighted by Gasteiger charge is -2.23. The molecule has 4 rings (SSSR count). The molecule has 0 amide bonds. The third-order valence-corrected chi connectivity index (χ3v) is 4.38. The van der Waals surface area contributed by atoms with E-state index in [0.29, 0.717) is 30.9 Å². The van der Waals surface area contributed by atoms with Crippen molar-refractivity contribution in [2.75, 3.05) is 5.32 Å². The summed E-state index contributed by atoms with van der Waals surface area (Å²) in [6, 6.07) is 9.98. The number of aromatic nitrogens is 2. The third-order valence-electron chi connectivity index (χ3n) is 4.38. The van der Waals surface area contributed by atoms with E-state index < -0.39 is 0 Å². The SMILES string of the molecule is O=C1C[C@H](c2ccc(F)cc2)Cc2nc(NCc3ccco3)ncc21. The molecule has 25 heavy (non-hydrogen) atoms. The highest BCUT2D eigenvalue weighted by molar-refractivity contribution is 5.98. The first-order chi connectivity index (χ1) is 12.2. The van der Waals surface area contributed by atoms with Crippen molar-refractivity contribution in [2.24, 2.45) is 0 Å². The van der Waals surface area contributed by atoms with E-state index in [9.17, 15) is 9.18 Å². The Morgan fingerprint density at radius 2 is 2.04 bits per heavy atom. The van der Waals surface area contributed by atoms with Gasteiger partial charge >= 0.3 is 0 Å². The van der Waals surface area contributed by atoms with Gasteiger partial charge in [-0.15, -0.1) is 0 Å². The van der Waals surface area contributed by atoms with Gasteiger partial charge in [-0.2, -0.15) is 0 Å². The molecule has 0 aliphatic heterocycles. The molecule has 2 heterocycles. The number of ketones is 1. The number of rotatable bonds is 4. The molecule has 1 N–H and O–H groups in total. The molecule has 1 atom stereocenters. The average molecular weight is 337 g/mol. The number of nitrogens with one attached hydrogen (secondary N) is 1. The van der Waals surface area contributed by atoms with Crippen molar-refractivity contribution in [1.29, 1.82) is 0 Å². The van der Waals surface area contributed by atoms with Crippen molar-refractivity contribution >= 4 is 11.7 Å². The maximum atomic E-state index is 13.1. The summed E-state index contributed by atoms with van der Waals surface area (Å²) in [6.45, 7) is 0.473. The fraction of sp³-hybridized carbons (Fsp3) is 0.211. The average Bonchev–Trinajstić information content (AvgIpc) is 3.14. The third kappa shape index (κ3) is 3.28. The number of anilines is 1. The number of Topliss-reactive ketones (excluding diaryl/α,β-unsaturated/α-hetero) is 1. The summed E-state index contributed by atoms with van der Waals surface area (Å²) in [5.41, 5.74) is 2.24. The Morgan fingerprint density at radius 3 is 2.80 bits per heavy atom. The van der Waals surface area contributed by atoms with Gasteiger partial charge in [-0.25, -0.2) is 14.4 Å². The van der Waals surface area contributed by atoms with Crippen molar-refractivity contribution in [3.8, 4) is 0 Å². The topological polar surface area (TPSA) is 68.0 Å². The Kier molecular flexibility index (Phi) is 4.01. The Hall–Kier alpha value is -3.02. The van der Waals surface area contributed by atoms with Crippen LogP contribution in [0, 0.1) is 5.82 Å². The Morgan fingerprint density at radius 1 is 1.20 bits per heavy atom. The molecular weight excluding hydrogens is 321 g/mol. The van der Waals surface area contributed by atoms with E-state index in [1.165, 1.54) is 12.1 Å². The molecule has 126 valence electrons. The van der Waals surface area contributed by atoms with Crippen LogP contribution in [0.2, 0.25) is 0 Å². The van der Waals surface area contributed by atoms with Crippen LogP contribution in [0.1, 0.15) is 39.7 Å². The first kappa shape index (κ1) is 15.5. The van der Waals surface area contributed by atoms with E-state index in [1.54, 1.807) is 24.6 Å². The van der Waals surface area contributed by atoms with Crippen LogP contribution in [0.4, 0.5) is 10.3 Å². The molecule has 1 aliphatic carbocycles. The molecule has 1 aromatic carbocycles. The summed E-state index contributed by atoms with van der Waals surface area (Å²) < 4.78 is 18.4. The highest BCUT2D eigenvalue weighted by Gasteiger charge is 2.28. The molecule has 0 spiro atoms. The molecular formula is C19H16FN3O2. The molecule has 0 saturated carbocycles. The lowest BCUT2D eigenvalue weighted by Crippen LogP contribution is -2.21. The van der Waals surface area contributed by atoms with E-state index in [1.807, 2.05) is 12.1 Å². The largest absolute Gasteiger partial charge is 0.467 e. The maximum absolute atomic E-state index is 13.1. The standard InChI is InChI=1S/C19H16FN3O2/c20-14-5-3-12(4-6-14)13-8-17-16(18(24)9-13)11-22-19(23-17)21-10-15-2-1-7-25-15/h1-7,11,13H,8-10H2,(H,21,22,23)/t13-/m1/s1. The van der Waals surface area contributed by atoms with Crippen LogP contribution < -0.4 is 5.32 Å². The number of fused-ring (bicyclic) bond motifs is 1. The number of carbonyl (C=O) groups excluding carboxylic acids is 1. The van der Waals surface area contributed by atoms with E-state index in [-0.39, 0.29) is 17.5 Å². The predicted octanol–water partition coefficient (Wildman–Crippen LogP) is 3.73. The van der Waals surface area contributed by atoms with Crippen molar-refractivity contribution in [1.82, 2.24) is 9.97 Å². The van der Waals surface area contributed by atoms with Gasteiger partial charge in [0.1, 0.15) is 11.6 Å². The van der Waals surface area contributed by atoms with Crippen molar-refractivity contribution in [2.45, 2.75) is 25.3 Å². The highest BCUT2D eigenvalue weighted by atomic mass is 19.1. The Labute approximate surface area is 143 Å². The van der Waals surface area contributed by atoms with Gasteiger partial charge < -0.3 is 9.73 Å². The van der Waals surface area contributed by atoms with Gasteiger partial charge in [-0.1, -0.05) is 12.1 Å². The summed E-state index contributed by atoms with van der Waals surface area (Å²) in [6.07, 6.45) is 4.21. The van der Waals surface area contributed by atoms with Crippen LogP contribution >= 0.6 is 0 Å². The van der Waals surface area contributed by atoms with Crippen LogP contribution in [0.15, 0.2) is 53.3 Å². The summed E-state index contributed by atoms with van der Waals surface area (Å²) >= 11 is 0. The minimum Gasteiger partial charge on any atom is -0.467 e. The van der Waals surface area contributed by atoms with Crippen LogP contribution in [0.25, 0.3) is 0 Å². The predicted molar refractivity (Wildman–Crippen MR) is 89.9 cm³/mol. The van der Waals surface area contributed by atoms with Crippen LogP contribution in [-0.4, -0.2) is 15.8 Å². The second kappa shape index (κ2) is 6.47. The zero-order valence-electron chi connectivity index (χ0n) is 13.4. The normalized spacial score (nSPS) is 16.5. The summed E-state index contributed by atoms with van der Waals surface area (Å²) in [5.74, 6) is 0.990. The lowest BCUT2D eigenvalue weighted by atomic mass is 9.82. The smallest absolute Gasteiger partial charge is 0.223 e. The van der Waals surface area contributed by atoms with Crippen LogP contribution in [0.5, 0.6) is 0 Å². The van der Waals surface area contributed by atoms with Gasteiger partial charge in [0.15, 0.2) is 5.78 Å². The second-order valence-corrected chi connectivity index (χ2v) is 6.07. The van der Waals surface area contributed by atoms with Gasteiger partial charge in [-0.3, -0.25) is 4.79 Å². The van der Waals surface area contributed by atoms with Gasteiger partial charge in [0.25, 0.3) is 0 Å². The Balaban J connectivity index is 1.55. The van der Waals surface area contributed by atoms with Gasteiger partial charge in [0.2, 0.25) is 5.95 Å². The van der Waals surface area contributed by atoms with Gasteiger partial charge in [-0.05, 0) is 42.2 Å². The number of furan rings is 1. The Bertz CT molecular complexity index is 892. The van der Waals surface area contributed by atoms with Crippen molar-refractivity contribution < 1.29 is 13.6 Å². The van der Waals surface area contributed by atoms with E-state index in [4.69, 9.17) is 4.42 Å². The first-order valence-corrected chi connectivity index (χ1v) is 8.10. The monoisotopic (exact) mass is 337 g/mol. The van der Waals surface area contributed by atoms with Gasteiger partial charge in [0.05, 0.1) is 24.1 Å². The molecule has 5 nitrogen and oxygen atoms in total. The van der Waals surface area contributed by atoms with Crippen LogP contribution in [0.3, 0.4) is 0 Å². The number of nitrogens with zero attached hydrogens (tertiary/aromatic N) is 2. The molecule has 0 bridgehead atoms. The minimum absolute atomic E-state index is 0.00780. The summed E-state index contributed by atoms with van der Waals surface area (Å²) in [5, 5.41) is 3.10. The van der Waals surface area contributed by atoms with E-state index in [2.05, 4.69) is 15.3 Å². The number of halogens is 1. The molecule has 0 radical (unpaired) electrons. The van der Waals surface area contributed by atoms with E-state index >= 15 is 0 Å². The number of carbonyl (C=O) groups is 1. The molecule has 0 fully saturated rings. The molecule has 0 saturated heterocycles. The molecule has 0 unspecified atom stereocenters. The fourth-order valence-electron chi connectivity index (χ4n) is 3.08. The fourth-order valence-corrected chi connectivity index (χ4v) is 3.08. The highest BCUT2D eigenvalue weighted by Crippen LogP contribution is 2.32. The van der Waals surface area contributed by atoms with Crippen molar-refractivity contribution in [3.63, 3.8) is 0 Å². The number of hydrogen-bond donors (Lipinski definition) is 1. The minimum atomic E-state index is -0.280. The zero-order valence-corrected chi connectivity index (χ0v) is 13.4.